The summed E-state index contributed by atoms with van der Waals surface area (Å²) in [5, 5.41) is 3.21. The summed E-state index contributed by atoms with van der Waals surface area (Å²) in [6.45, 7) is 2.58. The zero-order chi connectivity index (χ0) is 19.7. The summed E-state index contributed by atoms with van der Waals surface area (Å²) in [7, 11) is 0. The van der Waals surface area contributed by atoms with Gasteiger partial charge in [-0.3, -0.25) is 9.69 Å². The van der Waals surface area contributed by atoms with E-state index in [4.69, 9.17) is 25.8 Å². The number of rotatable bonds is 5. The van der Waals surface area contributed by atoms with Gasteiger partial charge in [0.2, 0.25) is 6.79 Å². The van der Waals surface area contributed by atoms with Crippen LogP contribution in [0.2, 0.25) is 5.02 Å². The molecule has 1 fully saturated rings. The smallest absolute Gasteiger partial charge is 0.329 e. The average Bonchev–Trinajstić information content (AvgIpc) is 3.23. The zero-order valence-electron chi connectivity index (χ0n) is 15.0. The van der Waals surface area contributed by atoms with Crippen LogP contribution in [0.25, 0.3) is 6.08 Å². The first-order valence-corrected chi connectivity index (χ1v) is 9.08. The Morgan fingerprint density at radius 2 is 1.89 bits per heavy atom. The third-order valence-electron chi connectivity index (χ3n) is 4.32. The number of nitrogens with one attached hydrogen (secondary N) is 1. The van der Waals surface area contributed by atoms with Crippen LogP contribution in [-0.2, 0) is 11.3 Å². The molecule has 0 aliphatic carbocycles. The Morgan fingerprint density at radius 3 is 2.61 bits per heavy atom. The Kier molecular flexibility index (Phi) is 4.83. The molecule has 0 bridgehead atoms. The number of hydrogen-bond acceptors (Lipinski definition) is 5. The molecule has 144 valence electrons. The predicted octanol–water partition coefficient (Wildman–Crippen LogP) is 3.56. The minimum Gasteiger partial charge on any atom is -0.493 e. The highest BCUT2D eigenvalue weighted by molar-refractivity contribution is 6.30. The van der Waals surface area contributed by atoms with Crippen molar-refractivity contribution in [3.05, 3.63) is 58.2 Å². The highest BCUT2D eigenvalue weighted by Gasteiger charge is 2.34. The molecular weight excluding hydrogens is 384 g/mol. The summed E-state index contributed by atoms with van der Waals surface area (Å²) >= 11 is 5.88. The van der Waals surface area contributed by atoms with E-state index in [1.54, 1.807) is 42.5 Å². The summed E-state index contributed by atoms with van der Waals surface area (Å²) in [5.74, 6) is 1.26. The third kappa shape index (κ3) is 3.48. The maximum atomic E-state index is 12.7. The second kappa shape index (κ2) is 7.44. The SMILES string of the molecule is CCOc1cc2c(cc1/C=C1/NC(=O)N(Cc3ccc(Cl)cc3)C1=O)OCO2. The van der Waals surface area contributed by atoms with Crippen LogP contribution in [0.4, 0.5) is 4.79 Å². The molecular formula is C20H17ClN2O5. The molecule has 0 aromatic heterocycles. The molecule has 8 heteroatoms. The van der Waals surface area contributed by atoms with Gasteiger partial charge in [-0.05, 0) is 36.8 Å². The number of fused-ring (bicyclic) bond motifs is 1. The molecule has 0 unspecified atom stereocenters. The molecule has 28 heavy (non-hydrogen) atoms. The predicted molar refractivity (Wildman–Crippen MR) is 102 cm³/mol. The van der Waals surface area contributed by atoms with E-state index in [0.29, 0.717) is 34.4 Å². The molecule has 7 nitrogen and oxygen atoms in total. The van der Waals surface area contributed by atoms with Crippen LogP contribution >= 0.6 is 11.6 Å². The van der Waals surface area contributed by atoms with Crippen LogP contribution in [-0.4, -0.2) is 30.2 Å². The van der Waals surface area contributed by atoms with Crippen LogP contribution in [0, 0.1) is 0 Å². The fraction of sp³-hybridized carbons (Fsp3) is 0.200. The van der Waals surface area contributed by atoms with Crippen LogP contribution in [0.15, 0.2) is 42.1 Å². The monoisotopic (exact) mass is 400 g/mol. The van der Waals surface area contributed by atoms with Crippen molar-refractivity contribution in [1.29, 1.82) is 0 Å². The molecule has 0 radical (unpaired) electrons. The number of carbonyl (C=O) groups excluding carboxylic acids is 2. The molecule has 3 amide bonds. The number of urea groups is 1. The minimum atomic E-state index is -0.482. The molecule has 1 saturated heterocycles. The number of hydrogen-bond donors (Lipinski definition) is 1. The van der Waals surface area contributed by atoms with Crippen molar-refractivity contribution in [3.8, 4) is 17.2 Å². The van der Waals surface area contributed by atoms with Gasteiger partial charge in [0.1, 0.15) is 11.4 Å². The van der Waals surface area contributed by atoms with E-state index >= 15 is 0 Å². The van der Waals surface area contributed by atoms with Gasteiger partial charge in [0.05, 0.1) is 13.2 Å². The summed E-state index contributed by atoms with van der Waals surface area (Å²) < 4.78 is 16.4. The molecule has 0 atom stereocenters. The van der Waals surface area contributed by atoms with Crippen molar-refractivity contribution < 1.29 is 23.8 Å². The van der Waals surface area contributed by atoms with E-state index in [9.17, 15) is 9.59 Å². The third-order valence-corrected chi connectivity index (χ3v) is 4.57. The topological polar surface area (TPSA) is 77.1 Å². The molecule has 4 rings (SSSR count). The Balaban J connectivity index is 1.61. The van der Waals surface area contributed by atoms with E-state index in [0.717, 1.165) is 10.5 Å². The Hall–Kier alpha value is -3.19. The molecule has 0 spiro atoms. The van der Waals surface area contributed by atoms with E-state index in [1.165, 1.54) is 0 Å². The highest BCUT2D eigenvalue weighted by Crippen LogP contribution is 2.39. The van der Waals surface area contributed by atoms with E-state index in [2.05, 4.69) is 5.32 Å². The largest absolute Gasteiger partial charge is 0.493 e. The van der Waals surface area contributed by atoms with Gasteiger partial charge in [-0.2, -0.15) is 0 Å². The lowest BCUT2D eigenvalue weighted by Gasteiger charge is -2.12. The van der Waals surface area contributed by atoms with Crippen LogP contribution in [0.3, 0.4) is 0 Å². The summed E-state index contributed by atoms with van der Waals surface area (Å²) in [4.78, 5) is 26.2. The number of nitrogens with zero attached hydrogens (tertiary/aromatic N) is 1. The van der Waals surface area contributed by atoms with Gasteiger partial charge < -0.3 is 19.5 Å². The molecule has 0 saturated carbocycles. The zero-order valence-corrected chi connectivity index (χ0v) is 15.8. The number of carbonyl (C=O) groups is 2. The number of amides is 3. The van der Waals surface area contributed by atoms with Gasteiger partial charge in [0.25, 0.3) is 5.91 Å². The Bertz CT molecular complexity index is 971. The van der Waals surface area contributed by atoms with E-state index < -0.39 is 11.9 Å². The van der Waals surface area contributed by atoms with Gasteiger partial charge in [0, 0.05) is 16.7 Å². The second-order valence-corrected chi connectivity index (χ2v) is 6.62. The molecule has 2 aliphatic heterocycles. The summed E-state index contributed by atoms with van der Waals surface area (Å²) in [6.07, 6.45) is 1.58. The van der Waals surface area contributed by atoms with Gasteiger partial charge in [-0.15, -0.1) is 0 Å². The molecule has 2 aliphatic rings. The van der Waals surface area contributed by atoms with Gasteiger partial charge in [0.15, 0.2) is 11.5 Å². The highest BCUT2D eigenvalue weighted by atomic mass is 35.5. The lowest BCUT2D eigenvalue weighted by atomic mass is 10.1. The van der Waals surface area contributed by atoms with E-state index in [1.807, 2.05) is 6.92 Å². The average molecular weight is 401 g/mol. The fourth-order valence-corrected chi connectivity index (χ4v) is 3.10. The lowest BCUT2D eigenvalue weighted by Crippen LogP contribution is -2.30. The van der Waals surface area contributed by atoms with Gasteiger partial charge in [-0.1, -0.05) is 23.7 Å². The second-order valence-electron chi connectivity index (χ2n) is 6.18. The molecule has 2 heterocycles. The molecule has 1 N–H and O–H groups in total. The minimum absolute atomic E-state index is 0.130. The molecule has 2 aromatic carbocycles. The Morgan fingerprint density at radius 1 is 1.18 bits per heavy atom. The maximum absolute atomic E-state index is 12.7. The van der Waals surface area contributed by atoms with Crippen molar-refractivity contribution in [2.24, 2.45) is 0 Å². The van der Waals surface area contributed by atoms with Crippen LogP contribution in [0.5, 0.6) is 17.2 Å². The standard InChI is InChI=1S/C20H17ClN2O5/c1-2-26-16-9-18-17(27-11-28-18)8-13(16)7-15-19(24)23(20(25)22-15)10-12-3-5-14(21)6-4-12/h3-9H,2,10-11H2,1H3,(H,22,25)/b15-7+. The summed E-state index contributed by atoms with van der Waals surface area (Å²) in [5.41, 5.74) is 1.58. The first-order valence-electron chi connectivity index (χ1n) is 8.70. The van der Waals surface area contributed by atoms with Crippen molar-refractivity contribution in [2.75, 3.05) is 13.4 Å². The van der Waals surface area contributed by atoms with Crippen molar-refractivity contribution >= 4 is 29.6 Å². The lowest BCUT2D eigenvalue weighted by molar-refractivity contribution is -0.123. The first-order chi connectivity index (χ1) is 13.5. The van der Waals surface area contributed by atoms with Crippen molar-refractivity contribution in [3.63, 3.8) is 0 Å². The normalized spacial score (nSPS) is 16.6. The van der Waals surface area contributed by atoms with Gasteiger partial charge in [-0.25, -0.2) is 4.79 Å². The Labute approximate surface area is 166 Å². The maximum Gasteiger partial charge on any atom is 0.329 e. The quantitative estimate of drug-likeness (QED) is 0.613. The van der Waals surface area contributed by atoms with Crippen LogP contribution < -0.4 is 19.5 Å². The number of halogens is 1. The number of benzene rings is 2. The van der Waals surface area contributed by atoms with Gasteiger partial charge >= 0.3 is 6.03 Å². The number of ether oxygens (including phenoxy) is 3. The van der Waals surface area contributed by atoms with Crippen molar-refractivity contribution in [2.45, 2.75) is 13.5 Å². The number of imide groups is 1. The first kappa shape index (κ1) is 18.2. The van der Waals surface area contributed by atoms with Crippen molar-refractivity contribution in [1.82, 2.24) is 10.2 Å². The summed E-state index contributed by atoms with van der Waals surface area (Å²) in [6, 6.07) is 9.93. The van der Waals surface area contributed by atoms with E-state index in [-0.39, 0.29) is 19.0 Å². The van der Waals surface area contributed by atoms with Crippen LogP contribution in [0.1, 0.15) is 18.1 Å². The fourth-order valence-electron chi connectivity index (χ4n) is 2.98. The molecule has 2 aromatic rings.